The largest absolute Gasteiger partial charge is 0.483 e. The third kappa shape index (κ3) is 7.33. The highest BCUT2D eigenvalue weighted by Crippen LogP contribution is 2.29. The summed E-state index contributed by atoms with van der Waals surface area (Å²) in [6.07, 6.45) is 0.786. The predicted octanol–water partition coefficient (Wildman–Crippen LogP) is 5.42. The maximum absolute atomic E-state index is 13.3. The van der Waals surface area contributed by atoms with E-state index in [0.717, 1.165) is 22.0 Å². The van der Waals surface area contributed by atoms with Gasteiger partial charge in [0.2, 0.25) is 5.91 Å². The first-order valence-corrected chi connectivity index (χ1v) is 11.7. The smallest absolute Gasteiger partial charge is 0.261 e. The average molecular weight is 507 g/mol. The lowest BCUT2D eigenvalue weighted by molar-refractivity contribution is -0.142. The van der Waals surface area contributed by atoms with Crippen LogP contribution in [0, 0.1) is 5.82 Å². The molecule has 0 spiro atoms. The maximum Gasteiger partial charge on any atom is 0.261 e. The topological polar surface area (TPSA) is 58.6 Å². The third-order valence-corrected chi connectivity index (χ3v) is 6.03. The number of carbonyl (C=O) groups excluding carboxylic acids is 2. The van der Waals surface area contributed by atoms with Gasteiger partial charge in [-0.1, -0.05) is 39.0 Å². The third-order valence-electron chi connectivity index (χ3n) is 5.41. The van der Waals surface area contributed by atoms with Gasteiger partial charge in [0, 0.05) is 12.6 Å². The minimum Gasteiger partial charge on any atom is -0.483 e. The molecule has 0 unspecified atom stereocenters. The van der Waals surface area contributed by atoms with Gasteiger partial charge < -0.3 is 15.0 Å². The van der Waals surface area contributed by atoms with E-state index in [1.54, 1.807) is 19.1 Å². The predicted molar refractivity (Wildman–Crippen MR) is 128 cm³/mol. The minimum atomic E-state index is -0.711. The minimum absolute atomic E-state index is 0.000555. The Morgan fingerprint density at radius 3 is 2.31 bits per heavy atom. The van der Waals surface area contributed by atoms with Gasteiger partial charge in [-0.15, -0.1) is 0 Å². The second-order valence-corrected chi connectivity index (χ2v) is 9.13. The van der Waals surface area contributed by atoms with E-state index < -0.39 is 6.04 Å². The fourth-order valence-electron chi connectivity index (χ4n) is 3.05. The fraction of sp³-hybridized carbons (Fsp3) is 0.440. The Balaban J connectivity index is 2.17. The van der Waals surface area contributed by atoms with Gasteiger partial charge in [0.15, 0.2) is 6.61 Å². The molecule has 0 bridgehead atoms. The van der Waals surface area contributed by atoms with Crippen molar-refractivity contribution in [3.63, 3.8) is 0 Å². The summed E-state index contributed by atoms with van der Waals surface area (Å²) in [5, 5.41) is 2.92. The summed E-state index contributed by atoms with van der Waals surface area (Å²) in [4.78, 5) is 27.3. The van der Waals surface area contributed by atoms with Gasteiger partial charge in [0.1, 0.15) is 17.6 Å². The zero-order chi connectivity index (χ0) is 23.8. The summed E-state index contributed by atoms with van der Waals surface area (Å²) in [5.74, 6) is 0.00436. The summed E-state index contributed by atoms with van der Waals surface area (Å²) in [6, 6.07) is 11.0. The number of hydrogen-bond acceptors (Lipinski definition) is 3. The Bertz CT molecular complexity index is 918. The Morgan fingerprint density at radius 1 is 1.09 bits per heavy atom. The standard InChI is InChI=1S/C25H32BrFN2O3/c1-6-17(4)28-25(31)18(5)29(14-19-7-10-21(27)11-8-19)24(30)15-32-23-12-9-20(16(2)3)13-22(23)26/h7-13,16-18H,6,14-15H2,1-5H3,(H,28,31)/t17-,18-/m1/s1. The normalized spacial score (nSPS) is 12.9. The molecule has 5 nitrogen and oxygen atoms in total. The van der Waals surface area contributed by atoms with Gasteiger partial charge in [-0.05, 0) is 77.5 Å². The first kappa shape index (κ1) is 25.8. The molecule has 2 rings (SSSR count). The van der Waals surface area contributed by atoms with E-state index in [2.05, 4.69) is 35.1 Å². The Morgan fingerprint density at radius 2 is 1.75 bits per heavy atom. The Kier molecular flexibility index (Phi) is 9.69. The number of benzene rings is 2. The molecular formula is C25H32BrFN2O3. The number of nitrogens with zero attached hydrogens (tertiary/aromatic N) is 1. The van der Waals surface area contributed by atoms with Crippen molar-refractivity contribution in [3.05, 3.63) is 63.9 Å². The van der Waals surface area contributed by atoms with E-state index in [1.807, 2.05) is 32.0 Å². The van der Waals surface area contributed by atoms with Gasteiger partial charge >= 0.3 is 0 Å². The monoisotopic (exact) mass is 506 g/mol. The molecule has 0 aliphatic heterocycles. The molecule has 32 heavy (non-hydrogen) atoms. The zero-order valence-electron chi connectivity index (χ0n) is 19.3. The lowest BCUT2D eigenvalue weighted by Crippen LogP contribution is -2.50. The molecule has 1 N–H and O–H groups in total. The second kappa shape index (κ2) is 12.0. The van der Waals surface area contributed by atoms with E-state index in [9.17, 15) is 14.0 Å². The van der Waals surface area contributed by atoms with Crippen LogP contribution in [0.4, 0.5) is 4.39 Å². The van der Waals surface area contributed by atoms with Crippen molar-refractivity contribution in [2.45, 2.75) is 65.6 Å². The molecule has 7 heteroatoms. The van der Waals surface area contributed by atoms with Crippen molar-refractivity contribution in [2.24, 2.45) is 0 Å². The van der Waals surface area contributed by atoms with Crippen molar-refractivity contribution < 1.29 is 18.7 Å². The van der Waals surface area contributed by atoms with Crippen LogP contribution >= 0.6 is 15.9 Å². The molecule has 2 aromatic rings. The summed E-state index contributed by atoms with van der Waals surface area (Å²) in [5.41, 5.74) is 1.88. The molecular weight excluding hydrogens is 475 g/mol. The van der Waals surface area contributed by atoms with Crippen molar-refractivity contribution in [1.29, 1.82) is 0 Å². The van der Waals surface area contributed by atoms with E-state index >= 15 is 0 Å². The van der Waals surface area contributed by atoms with Crippen LogP contribution in [0.3, 0.4) is 0 Å². The van der Waals surface area contributed by atoms with Gasteiger partial charge in [-0.3, -0.25) is 9.59 Å². The highest BCUT2D eigenvalue weighted by molar-refractivity contribution is 9.10. The molecule has 0 aliphatic rings. The van der Waals surface area contributed by atoms with Crippen LogP contribution in [-0.2, 0) is 16.1 Å². The molecule has 2 atom stereocenters. The van der Waals surface area contributed by atoms with Crippen LogP contribution in [0.1, 0.15) is 58.1 Å². The van der Waals surface area contributed by atoms with Crippen LogP contribution in [0.15, 0.2) is 46.9 Å². The number of carbonyl (C=O) groups is 2. The van der Waals surface area contributed by atoms with Crippen molar-refractivity contribution in [2.75, 3.05) is 6.61 Å². The number of ether oxygens (including phenoxy) is 1. The van der Waals surface area contributed by atoms with Crippen LogP contribution in [0.25, 0.3) is 0 Å². The van der Waals surface area contributed by atoms with E-state index in [0.29, 0.717) is 11.7 Å². The van der Waals surface area contributed by atoms with Crippen molar-refractivity contribution in [1.82, 2.24) is 10.2 Å². The van der Waals surface area contributed by atoms with Crippen LogP contribution < -0.4 is 10.1 Å². The molecule has 0 aromatic heterocycles. The summed E-state index contributed by atoms with van der Waals surface area (Å²) in [7, 11) is 0. The van der Waals surface area contributed by atoms with E-state index in [4.69, 9.17) is 4.74 Å². The molecule has 0 heterocycles. The van der Waals surface area contributed by atoms with E-state index in [-0.39, 0.29) is 36.8 Å². The molecule has 174 valence electrons. The molecule has 0 aliphatic carbocycles. The molecule has 0 fully saturated rings. The van der Waals surface area contributed by atoms with Crippen LogP contribution in [0.5, 0.6) is 5.75 Å². The summed E-state index contributed by atoms with van der Waals surface area (Å²) < 4.78 is 19.8. The first-order valence-electron chi connectivity index (χ1n) is 10.9. The summed E-state index contributed by atoms with van der Waals surface area (Å²) in [6.45, 7) is 9.74. The first-order chi connectivity index (χ1) is 15.1. The van der Waals surface area contributed by atoms with Gasteiger partial charge in [-0.2, -0.15) is 0 Å². The van der Waals surface area contributed by atoms with Gasteiger partial charge in [0.25, 0.3) is 5.91 Å². The summed E-state index contributed by atoms with van der Waals surface area (Å²) >= 11 is 3.50. The fourth-order valence-corrected chi connectivity index (χ4v) is 3.56. The highest BCUT2D eigenvalue weighted by atomic mass is 79.9. The SMILES string of the molecule is CC[C@@H](C)NC(=O)[C@@H](C)N(Cc1ccc(F)cc1)C(=O)COc1ccc(C(C)C)cc1Br. The number of nitrogens with one attached hydrogen (secondary N) is 1. The quantitative estimate of drug-likeness (QED) is 0.467. The number of halogens is 2. The number of rotatable bonds is 10. The molecule has 0 radical (unpaired) electrons. The highest BCUT2D eigenvalue weighted by Gasteiger charge is 2.27. The lowest BCUT2D eigenvalue weighted by atomic mass is 10.0. The molecule has 2 aromatic carbocycles. The number of amides is 2. The van der Waals surface area contributed by atoms with Crippen LogP contribution in [0.2, 0.25) is 0 Å². The second-order valence-electron chi connectivity index (χ2n) is 8.28. The molecule has 0 saturated heterocycles. The van der Waals surface area contributed by atoms with Gasteiger partial charge in [0.05, 0.1) is 4.47 Å². The van der Waals surface area contributed by atoms with Crippen molar-refractivity contribution in [3.8, 4) is 5.75 Å². The maximum atomic E-state index is 13.3. The Hall–Kier alpha value is -2.41. The molecule has 2 amide bonds. The lowest BCUT2D eigenvalue weighted by Gasteiger charge is -2.29. The number of hydrogen-bond donors (Lipinski definition) is 1. The van der Waals surface area contributed by atoms with E-state index in [1.165, 1.54) is 17.0 Å². The van der Waals surface area contributed by atoms with Crippen LogP contribution in [-0.4, -0.2) is 35.4 Å². The van der Waals surface area contributed by atoms with Gasteiger partial charge in [-0.25, -0.2) is 4.39 Å². The average Bonchev–Trinajstić information content (AvgIpc) is 2.76. The molecule has 0 saturated carbocycles. The Labute approximate surface area is 198 Å². The van der Waals surface area contributed by atoms with Crippen molar-refractivity contribution >= 4 is 27.7 Å². The zero-order valence-corrected chi connectivity index (χ0v) is 20.9.